The zero-order valence-corrected chi connectivity index (χ0v) is 17.7. The van der Waals surface area contributed by atoms with E-state index in [1.54, 1.807) is 29.2 Å². The van der Waals surface area contributed by atoms with Crippen LogP contribution in [0.25, 0.3) is 0 Å². The van der Waals surface area contributed by atoms with Crippen LogP contribution in [0.15, 0.2) is 48.5 Å². The third-order valence-electron chi connectivity index (χ3n) is 5.92. The van der Waals surface area contributed by atoms with E-state index >= 15 is 0 Å². The number of piperazine rings is 1. The van der Waals surface area contributed by atoms with Crippen LogP contribution in [0.5, 0.6) is 0 Å². The largest absolute Gasteiger partial charge is 0.328 e. The van der Waals surface area contributed by atoms with Gasteiger partial charge in [-0.25, -0.2) is 0 Å². The highest BCUT2D eigenvalue weighted by atomic mass is 35.5. The van der Waals surface area contributed by atoms with Crippen molar-refractivity contribution in [1.29, 1.82) is 0 Å². The van der Waals surface area contributed by atoms with E-state index in [1.807, 2.05) is 29.2 Å². The van der Waals surface area contributed by atoms with E-state index < -0.39 is 6.04 Å². The Morgan fingerprint density at radius 3 is 2.03 bits per heavy atom. The average molecular weight is 431 g/mol. The van der Waals surface area contributed by atoms with Crippen LogP contribution in [0.4, 0.5) is 0 Å². The fourth-order valence-electron chi connectivity index (χ4n) is 4.38. The molecule has 1 saturated heterocycles. The maximum Gasteiger partial charge on any atom is 0.250 e. The lowest BCUT2D eigenvalue weighted by Crippen LogP contribution is -2.58. The quantitative estimate of drug-likeness (QED) is 0.665. The second-order valence-corrected chi connectivity index (χ2v) is 8.73. The first-order valence-corrected chi connectivity index (χ1v) is 10.9. The summed E-state index contributed by atoms with van der Waals surface area (Å²) in [6.45, 7) is 0.523. The monoisotopic (exact) mass is 430 g/mol. The molecule has 4 nitrogen and oxygen atoms in total. The minimum Gasteiger partial charge on any atom is -0.328 e. The molecule has 4 rings (SSSR count). The van der Waals surface area contributed by atoms with Gasteiger partial charge in [0.15, 0.2) is 0 Å². The lowest BCUT2D eigenvalue weighted by Gasteiger charge is -2.44. The van der Waals surface area contributed by atoms with Crippen LogP contribution in [0, 0.1) is 0 Å². The Labute approximate surface area is 181 Å². The van der Waals surface area contributed by atoms with E-state index in [9.17, 15) is 9.59 Å². The fraction of sp³-hybridized carbons (Fsp3) is 0.391. The predicted octanol–water partition coefficient (Wildman–Crippen LogP) is 5.24. The summed E-state index contributed by atoms with van der Waals surface area (Å²) >= 11 is 12.1. The van der Waals surface area contributed by atoms with E-state index in [0.717, 1.165) is 36.8 Å². The smallest absolute Gasteiger partial charge is 0.250 e. The lowest BCUT2D eigenvalue weighted by molar-refractivity contribution is -0.160. The van der Waals surface area contributed by atoms with Crippen molar-refractivity contribution in [3.63, 3.8) is 0 Å². The summed E-state index contributed by atoms with van der Waals surface area (Å²) in [5.41, 5.74) is 1.74. The van der Waals surface area contributed by atoms with Gasteiger partial charge < -0.3 is 9.80 Å². The first-order chi connectivity index (χ1) is 14.0. The fourth-order valence-corrected chi connectivity index (χ4v) is 4.64. The van der Waals surface area contributed by atoms with Gasteiger partial charge in [-0.15, -0.1) is 0 Å². The number of amides is 2. The second-order valence-electron chi connectivity index (χ2n) is 7.86. The molecule has 1 saturated carbocycles. The highest BCUT2D eigenvalue weighted by molar-refractivity contribution is 6.30. The number of carbonyl (C=O) groups is 2. The molecule has 29 heavy (non-hydrogen) atoms. The summed E-state index contributed by atoms with van der Waals surface area (Å²) in [6.07, 6.45) is 5.38. The van der Waals surface area contributed by atoms with Crippen LogP contribution in [0.2, 0.25) is 10.0 Å². The van der Waals surface area contributed by atoms with Gasteiger partial charge in [-0.1, -0.05) is 66.7 Å². The van der Waals surface area contributed by atoms with Crippen LogP contribution in [0.3, 0.4) is 0 Å². The standard InChI is InChI=1S/C23H24Cl2N2O2/c24-18-10-6-16(7-11-18)14-27-21(28)15-26(20-4-2-1-3-5-20)23(29)22(27)17-8-12-19(25)13-9-17/h6-13,20,22H,1-5,14-15H2/t22-/m0/s1. The van der Waals surface area contributed by atoms with E-state index in [-0.39, 0.29) is 24.4 Å². The molecule has 1 aliphatic heterocycles. The van der Waals surface area contributed by atoms with Gasteiger partial charge in [0.2, 0.25) is 5.91 Å². The van der Waals surface area contributed by atoms with Crippen LogP contribution in [-0.2, 0) is 16.1 Å². The third-order valence-corrected chi connectivity index (χ3v) is 6.43. The Kier molecular flexibility index (Phi) is 6.12. The van der Waals surface area contributed by atoms with Gasteiger partial charge in [0, 0.05) is 22.6 Å². The van der Waals surface area contributed by atoms with Gasteiger partial charge in [-0.05, 0) is 48.2 Å². The van der Waals surface area contributed by atoms with Gasteiger partial charge >= 0.3 is 0 Å². The summed E-state index contributed by atoms with van der Waals surface area (Å²) in [5, 5.41) is 1.25. The van der Waals surface area contributed by atoms with Gasteiger partial charge in [0.1, 0.15) is 12.6 Å². The molecule has 1 aliphatic carbocycles. The summed E-state index contributed by atoms with van der Waals surface area (Å²) in [5.74, 6) is -0.0159. The number of rotatable bonds is 4. The topological polar surface area (TPSA) is 40.6 Å². The SMILES string of the molecule is O=C1[C@H](c2ccc(Cl)cc2)N(Cc2ccc(Cl)cc2)C(=O)CN1C1CCCCC1. The molecular weight excluding hydrogens is 407 g/mol. The number of halogens is 2. The van der Waals surface area contributed by atoms with Gasteiger partial charge in [0.05, 0.1) is 0 Å². The summed E-state index contributed by atoms with van der Waals surface area (Å²) < 4.78 is 0. The number of nitrogens with zero attached hydrogens (tertiary/aromatic N) is 2. The van der Waals surface area contributed by atoms with E-state index in [1.165, 1.54) is 6.42 Å². The Bertz CT molecular complexity index is 877. The third kappa shape index (κ3) is 4.44. The van der Waals surface area contributed by atoms with Crippen molar-refractivity contribution in [2.75, 3.05) is 6.54 Å². The van der Waals surface area contributed by atoms with E-state index in [2.05, 4.69) is 0 Å². The number of benzene rings is 2. The maximum atomic E-state index is 13.6. The Hall–Kier alpha value is -2.04. The zero-order valence-electron chi connectivity index (χ0n) is 16.2. The van der Waals surface area contributed by atoms with Crippen molar-refractivity contribution < 1.29 is 9.59 Å². The van der Waals surface area contributed by atoms with E-state index in [0.29, 0.717) is 16.6 Å². The van der Waals surface area contributed by atoms with Crippen LogP contribution in [0.1, 0.15) is 49.3 Å². The highest BCUT2D eigenvalue weighted by Gasteiger charge is 2.42. The molecule has 2 amide bonds. The first-order valence-electron chi connectivity index (χ1n) is 10.1. The average Bonchev–Trinajstić information content (AvgIpc) is 2.74. The molecule has 2 aromatic rings. The van der Waals surface area contributed by atoms with Crippen molar-refractivity contribution in [2.24, 2.45) is 0 Å². The molecule has 0 radical (unpaired) electrons. The number of carbonyl (C=O) groups excluding carboxylic acids is 2. The molecule has 152 valence electrons. The van der Waals surface area contributed by atoms with Crippen LogP contribution >= 0.6 is 23.2 Å². The molecular formula is C23H24Cl2N2O2. The summed E-state index contributed by atoms with van der Waals surface area (Å²) in [6, 6.07) is 14.2. The molecule has 2 aliphatic rings. The zero-order chi connectivity index (χ0) is 20.4. The van der Waals surface area contributed by atoms with E-state index in [4.69, 9.17) is 23.2 Å². The predicted molar refractivity (Wildman–Crippen MR) is 115 cm³/mol. The van der Waals surface area contributed by atoms with Crippen molar-refractivity contribution >= 4 is 35.0 Å². The molecule has 0 unspecified atom stereocenters. The minimum absolute atomic E-state index is 0.00721. The van der Waals surface area contributed by atoms with Crippen molar-refractivity contribution in [3.05, 3.63) is 69.7 Å². The molecule has 1 heterocycles. The van der Waals surface area contributed by atoms with Gasteiger partial charge in [0.25, 0.3) is 5.91 Å². The van der Waals surface area contributed by atoms with Crippen molar-refractivity contribution in [3.8, 4) is 0 Å². The Balaban J connectivity index is 1.66. The molecule has 2 aromatic carbocycles. The van der Waals surface area contributed by atoms with Gasteiger partial charge in [-0.3, -0.25) is 9.59 Å². The summed E-state index contributed by atoms with van der Waals surface area (Å²) in [4.78, 5) is 30.3. The molecule has 0 spiro atoms. The molecule has 1 atom stereocenters. The van der Waals surface area contributed by atoms with Crippen molar-refractivity contribution in [2.45, 2.75) is 50.7 Å². The van der Waals surface area contributed by atoms with Crippen molar-refractivity contribution in [1.82, 2.24) is 9.80 Å². The molecule has 0 N–H and O–H groups in total. The number of hydrogen-bond donors (Lipinski definition) is 0. The summed E-state index contributed by atoms with van der Waals surface area (Å²) in [7, 11) is 0. The second kappa shape index (κ2) is 8.76. The normalized spacial score (nSPS) is 21.0. The molecule has 0 aromatic heterocycles. The minimum atomic E-state index is -0.633. The number of hydrogen-bond acceptors (Lipinski definition) is 2. The maximum absolute atomic E-state index is 13.6. The highest BCUT2D eigenvalue weighted by Crippen LogP contribution is 2.34. The molecule has 2 fully saturated rings. The molecule has 6 heteroatoms. The Morgan fingerprint density at radius 1 is 0.828 bits per heavy atom. The van der Waals surface area contributed by atoms with Crippen LogP contribution in [-0.4, -0.2) is 34.2 Å². The van der Waals surface area contributed by atoms with Crippen LogP contribution < -0.4 is 0 Å². The first kappa shape index (κ1) is 20.2. The lowest BCUT2D eigenvalue weighted by atomic mass is 9.91. The molecule has 0 bridgehead atoms. The Morgan fingerprint density at radius 2 is 1.41 bits per heavy atom. The van der Waals surface area contributed by atoms with Gasteiger partial charge in [-0.2, -0.15) is 0 Å².